The molecule has 2 unspecified atom stereocenters. The minimum absolute atomic E-state index is 0.0356. The van der Waals surface area contributed by atoms with E-state index in [2.05, 4.69) is 53.8 Å². The predicted molar refractivity (Wildman–Crippen MR) is 130 cm³/mol. The molecule has 1 amide bonds. The van der Waals surface area contributed by atoms with Crippen molar-refractivity contribution in [3.8, 4) is 0 Å². The van der Waals surface area contributed by atoms with Crippen LogP contribution >= 0.6 is 8.58 Å². The first-order valence-corrected chi connectivity index (χ1v) is 12.6. The zero-order valence-corrected chi connectivity index (χ0v) is 20.2. The number of fused-ring (bicyclic) bond motifs is 2. The van der Waals surface area contributed by atoms with E-state index in [1.54, 1.807) is 6.08 Å². The van der Waals surface area contributed by atoms with Gasteiger partial charge >= 0.3 is 0 Å². The molecule has 1 fully saturated rings. The molecule has 0 aromatic carbocycles. The number of piperazine rings is 1. The smallest absolute Gasteiger partial charge is 0.252 e. The van der Waals surface area contributed by atoms with Crippen molar-refractivity contribution >= 4 is 25.3 Å². The van der Waals surface area contributed by atoms with E-state index in [9.17, 15) is 4.79 Å². The van der Waals surface area contributed by atoms with E-state index < -0.39 is 0 Å². The van der Waals surface area contributed by atoms with Gasteiger partial charge in [0.05, 0.1) is 40.3 Å². The van der Waals surface area contributed by atoms with Gasteiger partial charge in [0.15, 0.2) is 0 Å². The Hall–Kier alpha value is -2.50. The molecule has 1 saturated heterocycles. The van der Waals surface area contributed by atoms with Crippen LogP contribution in [0.4, 0.5) is 0 Å². The Kier molecular flexibility index (Phi) is 5.64. The second kappa shape index (κ2) is 8.45. The van der Waals surface area contributed by atoms with Crippen LogP contribution in [-0.2, 0) is 11.2 Å². The highest BCUT2D eigenvalue weighted by Gasteiger charge is 2.31. The molecule has 0 saturated carbocycles. The van der Waals surface area contributed by atoms with Gasteiger partial charge in [-0.3, -0.25) is 14.7 Å². The fourth-order valence-corrected chi connectivity index (χ4v) is 6.00. The van der Waals surface area contributed by atoms with Gasteiger partial charge in [-0.05, 0) is 39.3 Å². The molecular formula is C24H31N6OP. The van der Waals surface area contributed by atoms with Crippen molar-refractivity contribution in [3.05, 3.63) is 59.5 Å². The highest BCUT2D eigenvalue weighted by atomic mass is 31.1. The SMILES string of the molecule is CCc1nc(C)cn2nc(C3=CC(=O)N4C=C(N5CCN(C(C)C)CC5)C=CC4P3)cc12. The predicted octanol–water partition coefficient (Wildman–Crippen LogP) is 3.23. The summed E-state index contributed by atoms with van der Waals surface area (Å²) < 4.78 is 1.91. The number of amides is 1. The number of allylic oxidation sites excluding steroid dienone is 1. The normalized spacial score (nSPS) is 22.7. The van der Waals surface area contributed by atoms with Gasteiger partial charge in [0.2, 0.25) is 0 Å². The summed E-state index contributed by atoms with van der Waals surface area (Å²) in [5.74, 6) is 0.104. The Morgan fingerprint density at radius 3 is 2.72 bits per heavy atom. The van der Waals surface area contributed by atoms with E-state index >= 15 is 0 Å². The van der Waals surface area contributed by atoms with Gasteiger partial charge in [0.25, 0.3) is 5.91 Å². The lowest BCUT2D eigenvalue weighted by Gasteiger charge is -2.41. The van der Waals surface area contributed by atoms with E-state index in [1.165, 1.54) is 0 Å². The summed E-state index contributed by atoms with van der Waals surface area (Å²) in [5.41, 5.74) is 5.04. The number of rotatable bonds is 4. The molecular weight excluding hydrogens is 419 g/mol. The molecule has 0 spiro atoms. The fourth-order valence-electron chi connectivity index (χ4n) is 4.67. The number of aromatic nitrogens is 3. The third-order valence-corrected chi connectivity index (χ3v) is 8.00. The topological polar surface area (TPSA) is 57.0 Å². The van der Waals surface area contributed by atoms with E-state index in [0.717, 1.165) is 66.2 Å². The number of hydrogen-bond donors (Lipinski definition) is 0. The summed E-state index contributed by atoms with van der Waals surface area (Å²) in [6.07, 6.45) is 11.0. The van der Waals surface area contributed by atoms with Gasteiger partial charge in [0.1, 0.15) is 0 Å². The first-order valence-electron chi connectivity index (χ1n) is 11.5. The molecule has 8 heteroatoms. The largest absolute Gasteiger partial charge is 0.368 e. The Bertz CT molecular complexity index is 1140. The molecule has 0 N–H and O–H groups in total. The van der Waals surface area contributed by atoms with Crippen LogP contribution in [0.1, 0.15) is 37.9 Å². The quantitative estimate of drug-likeness (QED) is 0.670. The Labute approximate surface area is 191 Å². The molecule has 2 aromatic heterocycles. The molecule has 0 radical (unpaired) electrons. The summed E-state index contributed by atoms with van der Waals surface area (Å²) >= 11 is 0. The number of nitrogens with zero attached hydrogens (tertiary/aromatic N) is 6. The average Bonchev–Trinajstić information content (AvgIpc) is 3.22. The van der Waals surface area contributed by atoms with Crippen LogP contribution in [0.15, 0.2) is 42.4 Å². The fraction of sp³-hybridized carbons (Fsp3) is 0.458. The Balaban J connectivity index is 1.37. The maximum Gasteiger partial charge on any atom is 0.252 e. The van der Waals surface area contributed by atoms with Gasteiger partial charge in [-0.15, -0.1) is 0 Å². The van der Waals surface area contributed by atoms with Crippen molar-refractivity contribution in [1.29, 1.82) is 0 Å². The summed E-state index contributed by atoms with van der Waals surface area (Å²) in [5, 5.41) is 5.80. The van der Waals surface area contributed by atoms with E-state index in [1.807, 2.05) is 28.7 Å². The molecule has 3 aliphatic heterocycles. The maximum atomic E-state index is 13.1. The summed E-state index contributed by atoms with van der Waals surface area (Å²) in [6, 6.07) is 2.66. The van der Waals surface area contributed by atoms with Crippen LogP contribution in [0.25, 0.3) is 10.8 Å². The number of carbonyl (C=O) groups is 1. The van der Waals surface area contributed by atoms with Crippen molar-refractivity contribution in [2.45, 2.75) is 45.9 Å². The lowest BCUT2D eigenvalue weighted by Crippen LogP contribution is -2.49. The van der Waals surface area contributed by atoms with Crippen LogP contribution in [0.3, 0.4) is 0 Å². The summed E-state index contributed by atoms with van der Waals surface area (Å²) in [6.45, 7) is 12.7. The number of carbonyl (C=O) groups excluding carboxylic acids is 1. The molecule has 5 rings (SSSR count). The highest BCUT2D eigenvalue weighted by Crippen LogP contribution is 2.44. The lowest BCUT2D eigenvalue weighted by atomic mass is 10.2. The lowest BCUT2D eigenvalue weighted by molar-refractivity contribution is -0.123. The average molecular weight is 451 g/mol. The summed E-state index contributed by atoms with van der Waals surface area (Å²) in [7, 11) is 0.468. The zero-order chi connectivity index (χ0) is 22.4. The van der Waals surface area contributed by atoms with Crippen molar-refractivity contribution < 1.29 is 4.79 Å². The van der Waals surface area contributed by atoms with Gasteiger partial charge in [0, 0.05) is 49.8 Å². The third-order valence-electron chi connectivity index (χ3n) is 6.52. The van der Waals surface area contributed by atoms with Crippen molar-refractivity contribution in [1.82, 2.24) is 29.3 Å². The molecule has 168 valence electrons. The first kappa shape index (κ1) is 21.4. The molecule has 0 bridgehead atoms. The van der Waals surface area contributed by atoms with Gasteiger partial charge in [-0.1, -0.05) is 21.6 Å². The standard InChI is InChI=1S/C24H31N6OP/c1-5-19-21-12-20(26-30(21)14-17(4)25-19)22-13-23(31)29-15-18(6-7-24(29)32-22)28-10-8-27(9-11-28)16(2)3/h6-7,12-16,24,32H,5,8-11H2,1-4H3. The second-order valence-corrected chi connectivity index (χ2v) is 10.4. The highest BCUT2D eigenvalue weighted by molar-refractivity contribution is 7.51. The van der Waals surface area contributed by atoms with Crippen LogP contribution in [0, 0.1) is 6.92 Å². The van der Waals surface area contributed by atoms with E-state index in [0.29, 0.717) is 14.6 Å². The van der Waals surface area contributed by atoms with Crippen LogP contribution < -0.4 is 0 Å². The second-order valence-electron chi connectivity index (χ2n) is 8.96. The van der Waals surface area contributed by atoms with Crippen LogP contribution in [0.5, 0.6) is 0 Å². The molecule has 0 aliphatic carbocycles. The third kappa shape index (κ3) is 3.89. The van der Waals surface area contributed by atoms with Gasteiger partial charge in [-0.2, -0.15) is 5.10 Å². The van der Waals surface area contributed by atoms with Gasteiger partial charge in [-0.25, -0.2) is 4.52 Å². The van der Waals surface area contributed by atoms with E-state index in [4.69, 9.17) is 5.10 Å². The zero-order valence-electron chi connectivity index (χ0n) is 19.2. The minimum atomic E-state index is 0.0356. The number of aryl methyl sites for hydroxylation is 2. The van der Waals surface area contributed by atoms with Crippen LogP contribution in [0.2, 0.25) is 0 Å². The van der Waals surface area contributed by atoms with Crippen molar-refractivity contribution in [2.24, 2.45) is 0 Å². The van der Waals surface area contributed by atoms with Crippen LogP contribution in [-0.4, -0.2) is 73.2 Å². The van der Waals surface area contributed by atoms with Crippen molar-refractivity contribution in [2.75, 3.05) is 26.2 Å². The first-order chi connectivity index (χ1) is 15.4. The Morgan fingerprint density at radius 1 is 1.22 bits per heavy atom. The monoisotopic (exact) mass is 450 g/mol. The van der Waals surface area contributed by atoms with Gasteiger partial charge < -0.3 is 9.80 Å². The number of hydrogen-bond acceptors (Lipinski definition) is 5. The molecule has 2 aromatic rings. The van der Waals surface area contributed by atoms with E-state index in [-0.39, 0.29) is 11.7 Å². The summed E-state index contributed by atoms with van der Waals surface area (Å²) in [4.78, 5) is 24.5. The minimum Gasteiger partial charge on any atom is -0.368 e. The Morgan fingerprint density at radius 2 is 2.00 bits per heavy atom. The molecule has 5 heterocycles. The van der Waals surface area contributed by atoms with Crippen molar-refractivity contribution in [3.63, 3.8) is 0 Å². The molecule has 3 aliphatic rings. The molecule has 7 nitrogen and oxygen atoms in total. The maximum absolute atomic E-state index is 13.1. The molecule has 32 heavy (non-hydrogen) atoms. The molecule has 2 atom stereocenters.